The van der Waals surface area contributed by atoms with E-state index >= 15 is 0 Å². The summed E-state index contributed by atoms with van der Waals surface area (Å²) in [5.74, 6) is -0.351. The lowest BCUT2D eigenvalue weighted by molar-refractivity contribution is -0.0522. The van der Waals surface area contributed by atoms with E-state index in [-0.39, 0.29) is 12.2 Å². The van der Waals surface area contributed by atoms with E-state index in [4.69, 9.17) is 16.3 Å². The molecule has 4 nitrogen and oxygen atoms in total. The second-order valence-corrected chi connectivity index (χ2v) is 8.21. The summed E-state index contributed by atoms with van der Waals surface area (Å²) in [7, 11) is -5.76. The first kappa shape index (κ1) is 20.7. The topological polar surface area (TPSA) is 52.6 Å². The molecule has 0 spiro atoms. The Morgan fingerprint density at radius 1 is 1.07 bits per heavy atom. The summed E-state index contributed by atoms with van der Waals surface area (Å²) < 4.78 is 71.4. The lowest BCUT2D eigenvalue weighted by atomic mass is 9.97. The van der Waals surface area contributed by atoms with Crippen LogP contribution < -0.4 is 0 Å². The van der Waals surface area contributed by atoms with Crippen LogP contribution in [0, 0.1) is 0 Å². The predicted molar refractivity (Wildman–Crippen MR) is 97.8 cm³/mol. The van der Waals surface area contributed by atoms with Gasteiger partial charge in [0.15, 0.2) is 0 Å². The van der Waals surface area contributed by atoms with Crippen LogP contribution in [0.4, 0.5) is 13.2 Å². The van der Waals surface area contributed by atoms with E-state index in [0.717, 1.165) is 5.56 Å². The first-order valence-corrected chi connectivity index (χ1v) is 10.0. The smallest absolute Gasteiger partial charge is 0.381 e. The summed E-state index contributed by atoms with van der Waals surface area (Å²) in [6, 6.07) is 15.7. The molecule has 0 aliphatic carbocycles. The number of hydrogen-bond acceptors (Lipinski definition) is 4. The van der Waals surface area contributed by atoms with Gasteiger partial charge in [-0.25, -0.2) is 0 Å². The van der Waals surface area contributed by atoms with Gasteiger partial charge in [-0.15, -0.1) is 0 Å². The summed E-state index contributed by atoms with van der Waals surface area (Å²) in [5.41, 5.74) is -3.74. The fourth-order valence-electron chi connectivity index (χ4n) is 2.98. The number of allylic oxidation sites excluding steroid dienone is 1. The highest BCUT2D eigenvalue weighted by Gasteiger charge is 2.49. The van der Waals surface area contributed by atoms with Crippen LogP contribution >= 0.6 is 11.6 Å². The van der Waals surface area contributed by atoms with Gasteiger partial charge in [-0.3, -0.25) is 0 Å². The van der Waals surface area contributed by atoms with Crippen LogP contribution in [0.15, 0.2) is 65.9 Å². The average molecular weight is 433 g/mol. The Morgan fingerprint density at radius 3 is 2.25 bits per heavy atom. The van der Waals surface area contributed by atoms with Crippen LogP contribution in [0.3, 0.4) is 0 Å². The van der Waals surface area contributed by atoms with E-state index in [9.17, 15) is 21.6 Å². The standard InChI is InChI=1S/C19H16ClF3O4S/c1-12(27-28(24,25)19(21,22)23)16-11-17(13-5-3-2-4-6-13)26-18(16)14-7-9-15(20)10-8-14/h2-10,17-18H,11H2,1H3/b16-12+/t17-,18-/m0/s1. The van der Waals surface area contributed by atoms with Crippen LogP contribution in [0.1, 0.15) is 36.7 Å². The summed E-state index contributed by atoms with van der Waals surface area (Å²) >= 11 is 5.90. The molecular formula is C19H16ClF3O4S. The van der Waals surface area contributed by atoms with E-state index in [2.05, 4.69) is 4.18 Å². The van der Waals surface area contributed by atoms with E-state index in [1.165, 1.54) is 6.92 Å². The second-order valence-electron chi connectivity index (χ2n) is 6.24. The summed E-state index contributed by atoms with van der Waals surface area (Å²) in [4.78, 5) is 0. The van der Waals surface area contributed by atoms with E-state index in [1.54, 1.807) is 24.3 Å². The Hall–Kier alpha value is -2.03. The molecule has 2 aromatic carbocycles. The lowest BCUT2D eigenvalue weighted by Gasteiger charge is -2.17. The fraction of sp³-hybridized carbons (Fsp3) is 0.263. The third-order valence-corrected chi connectivity index (χ3v) is 5.62. The number of hydrogen-bond donors (Lipinski definition) is 0. The highest BCUT2D eigenvalue weighted by atomic mass is 35.5. The van der Waals surface area contributed by atoms with Crippen LogP contribution in [-0.4, -0.2) is 13.9 Å². The molecule has 0 aromatic heterocycles. The van der Waals surface area contributed by atoms with Crippen molar-refractivity contribution in [3.05, 3.63) is 82.1 Å². The van der Waals surface area contributed by atoms with Crippen molar-refractivity contribution in [1.29, 1.82) is 0 Å². The summed E-state index contributed by atoms with van der Waals surface area (Å²) in [6.45, 7) is 1.19. The molecule has 0 N–H and O–H groups in total. The molecule has 2 aromatic rings. The maximum atomic E-state index is 12.7. The van der Waals surface area contributed by atoms with Crippen molar-refractivity contribution in [1.82, 2.24) is 0 Å². The van der Waals surface area contributed by atoms with E-state index < -0.39 is 27.8 Å². The zero-order valence-electron chi connectivity index (χ0n) is 14.6. The quantitative estimate of drug-likeness (QED) is 0.354. The first-order chi connectivity index (χ1) is 13.1. The van der Waals surface area contributed by atoms with Gasteiger partial charge in [-0.2, -0.15) is 21.6 Å². The third-order valence-electron chi connectivity index (χ3n) is 4.34. The predicted octanol–water partition coefficient (Wildman–Crippen LogP) is 5.68. The Bertz CT molecular complexity index is 970. The average Bonchev–Trinajstić information content (AvgIpc) is 3.07. The van der Waals surface area contributed by atoms with Crippen molar-refractivity contribution >= 4 is 21.7 Å². The molecule has 0 unspecified atom stereocenters. The van der Waals surface area contributed by atoms with Gasteiger partial charge in [0.25, 0.3) is 0 Å². The first-order valence-electron chi connectivity index (χ1n) is 8.25. The minimum Gasteiger partial charge on any atom is -0.381 e. The zero-order valence-corrected chi connectivity index (χ0v) is 16.2. The molecule has 1 fully saturated rings. The van der Waals surface area contributed by atoms with Crippen LogP contribution in [0.2, 0.25) is 5.02 Å². The molecule has 0 bridgehead atoms. The van der Waals surface area contributed by atoms with Crippen molar-refractivity contribution in [2.24, 2.45) is 0 Å². The minimum absolute atomic E-state index is 0.191. The van der Waals surface area contributed by atoms with Gasteiger partial charge in [0.1, 0.15) is 11.9 Å². The van der Waals surface area contributed by atoms with E-state index in [0.29, 0.717) is 16.2 Å². The number of ether oxygens (including phenoxy) is 1. The number of alkyl halides is 3. The Morgan fingerprint density at radius 2 is 1.68 bits per heavy atom. The van der Waals surface area contributed by atoms with Crippen LogP contribution in [0.25, 0.3) is 0 Å². The van der Waals surface area contributed by atoms with Crippen molar-refractivity contribution in [2.75, 3.05) is 0 Å². The third kappa shape index (κ3) is 4.34. The van der Waals surface area contributed by atoms with Crippen LogP contribution in [-0.2, 0) is 19.0 Å². The number of rotatable bonds is 4. The molecular weight excluding hydrogens is 417 g/mol. The van der Waals surface area contributed by atoms with Gasteiger partial charge in [0.05, 0.1) is 6.10 Å². The van der Waals surface area contributed by atoms with Crippen LogP contribution in [0.5, 0.6) is 0 Å². The minimum atomic E-state index is -5.76. The number of benzene rings is 2. The summed E-state index contributed by atoms with van der Waals surface area (Å²) in [5, 5.41) is 0.486. The molecule has 1 saturated heterocycles. The zero-order chi connectivity index (χ0) is 20.5. The normalized spacial score (nSPS) is 22.2. The molecule has 28 heavy (non-hydrogen) atoms. The van der Waals surface area contributed by atoms with Gasteiger partial charge in [-0.05, 0) is 30.2 Å². The monoisotopic (exact) mass is 432 g/mol. The van der Waals surface area contributed by atoms with Crippen molar-refractivity contribution in [2.45, 2.75) is 31.1 Å². The van der Waals surface area contributed by atoms with Gasteiger partial charge in [0, 0.05) is 17.0 Å². The molecule has 1 heterocycles. The maximum absolute atomic E-state index is 12.7. The molecule has 1 aliphatic rings. The van der Waals surface area contributed by atoms with Gasteiger partial charge in [-0.1, -0.05) is 54.1 Å². The van der Waals surface area contributed by atoms with Crippen molar-refractivity contribution in [3.63, 3.8) is 0 Å². The molecule has 0 amide bonds. The number of halogens is 4. The lowest BCUT2D eigenvalue weighted by Crippen LogP contribution is -2.25. The van der Waals surface area contributed by atoms with Gasteiger partial charge < -0.3 is 8.92 Å². The maximum Gasteiger partial charge on any atom is 0.534 e. The highest BCUT2D eigenvalue weighted by molar-refractivity contribution is 7.87. The summed E-state index contributed by atoms with van der Waals surface area (Å²) in [6.07, 6.45) is -1.02. The van der Waals surface area contributed by atoms with Gasteiger partial charge in [0.2, 0.25) is 0 Å². The SMILES string of the molecule is C/C(OS(=O)(=O)C(F)(F)F)=C1/C[C@@H](c2ccccc2)O[C@H]1c1ccc(Cl)cc1. The molecule has 150 valence electrons. The molecule has 2 atom stereocenters. The Labute approximate surface area is 165 Å². The molecule has 0 saturated carbocycles. The van der Waals surface area contributed by atoms with Gasteiger partial charge >= 0.3 is 15.6 Å². The highest BCUT2D eigenvalue weighted by Crippen LogP contribution is 2.47. The largest absolute Gasteiger partial charge is 0.534 e. The molecule has 3 rings (SSSR count). The molecule has 1 aliphatic heterocycles. The Balaban J connectivity index is 2.00. The second kappa shape index (κ2) is 7.77. The molecule has 0 radical (unpaired) electrons. The Kier molecular flexibility index (Phi) is 5.74. The van der Waals surface area contributed by atoms with Crippen molar-refractivity contribution < 1.29 is 30.5 Å². The fourth-order valence-corrected chi connectivity index (χ4v) is 3.63. The molecule has 9 heteroatoms. The van der Waals surface area contributed by atoms with E-state index in [1.807, 2.05) is 30.3 Å². The van der Waals surface area contributed by atoms with Crippen molar-refractivity contribution in [3.8, 4) is 0 Å².